The van der Waals surface area contributed by atoms with Crippen LogP contribution >= 0.6 is 0 Å². The van der Waals surface area contributed by atoms with Gasteiger partial charge in [-0.1, -0.05) is 26.8 Å². The number of aldehydes is 1. The quantitative estimate of drug-likeness (QED) is 0.413. The van der Waals surface area contributed by atoms with Crippen molar-refractivity contribution >= 4 is 12.2 Å². The molecule has 0 aromatic carbocycles. The molecular weight excluding hydrogens is 190 g/mol. The summed E-state index contributed by atoms with van der Waals surface area (Å²) in [5, 5.41) is 2.88. The van der Waals surface area contributed by atoms with Gasteiger partial charge in [0.15, 0.2) is 0 Å². The zero-order valence-corrected chi connectivity index (χ0v) is 9.99. The van der Waals surface area contributed by atoms with Crippen LogP contribution in [0, 0.1) is 17.8 Å². The Morgan fingerprint density at radius 2 is 1.80 bits per heavy atom. The first-order valence-electron chi connectivity index (χ1n) is 5.32. The van der Waals surface area contributed by atoms with Crippen LogP contribution < -0.4 is 5.32 Å². The van der Waals surface area contributed by atoms with E-state index >= 15 is 0 Å². The van der Waals surface area contributed by atoms with Gasteiger partial charge >= 0.3 is 0 Å². The number of carbonyl (C=O) groups excluding carboxylic acids is 2. The highest BCUT2D eigenvalue weighted by molar-refractivity contribution is 5.91. The standard InChI is InChI=1S/C12H21NO2/c1-6-9(4)11(8(2)3)13-12(15)10(5)7-14/h6-11H,1H2,2-5H3,(H,13,15)/t9-,10?,11+/m1/s1. The van der Waals surface area contributed by atoms with E-state index < -0.39 is 5.92 Å². The monoisotopic (exact) mass is 211 g/mol. The Bertz CT molecular complexity index is 236. The first-order valence-corrected chi connectivity index (χ1v) is 5.32. The van der Waals surface area contributed by atoms with Crippen LogP contribution in [0.3, 0.4) is 0 Å². The molecule has 1 unspecified atom stereocenters. The normalized spacial score (nSPS) is 16.6. The first-order chi connectivity index (χ1) is 6.93. The molecule has 0 rings (SSSR count). The van der Waals surface area contributed by atoms with E-state index in [4.69, 9.17) is 0 Å². The van der Waals surface area contributed by atoms with Gasteiger partial charge in [-0.25, -0.2) is 0 Å². The lowest BCUT2D eigenvalue weighted by atomic mass is 9.91. The fraction of sp³-hybridized carbons (Fsp3) is 0.667. The van der Waals surface area contributed by atoms with Gasteiger partial charge in [-0.2, -0.15) is 0 Å². The van der Waals surface area contributed by atoms with Crippen LogP contribution in [0.15, 0.2) is 12.7 Å². The summed E-state index contributed by atoms with van der Waals surface area (Å²) in [6.45, 7) is 11.4. The van der Waals surface area contributed by atoms with Gasteiger partial charge in [0, 0.05) is 6.04 Å². The summed E-state index contributed by atoms with van der Waals surface area (Å²) >= 11 is 0. The molecule has 1 N–H and O–H groups in total. The maximum Gasteiger partial charge on any atom is 0.230 e. The molecule has 0 aliphatic heterocycles. The van der Waals surface area contributed by atoms with Crippen molar-refractivity contribution in [2.24, 2.45) is 17.8 Å². The predicted octanol–water partition coefficient (Wildman–Crippen LogP) is 1.78. The molecule has 3 atom stereocenters. The zero-order valence-electron chi connectivity index (χ0n) is 9.99. The summed E-state index contributed by atoms with van der Waals surface area (Å²) in [6.07, 6.45) is 2.47. The number of carbonyl (C=O) groups is 2. The third-order valence-electron chi connectivity index (χ3n) is 2.58. The molecule has 3 heteroatoms. The average Bonchev–Trinajstić information content (AvgIpc) is 2.22. The van der Waals surface area contributed by atoms with Gasteiger partial charge < -0.3 is 10.1 Å². The topological polar surface area (TPSA) is 46.2 Å². The van der Waals surface area contributed by atoms with Crippen LogP contribution in [0.2, 0.25) is 0 Å². The molecule has 0 saturated heterocycles. The Balaban J connectivity index is 4.48. The maximum atomic E-state index is 11.5. The van der Waals surface area contributed by atoms with E-state index in [0.29, 0.717) is 12.2 Å². The highest BCUT2D eigenvalue weighted by Gasteiger charge is 2.22. The van der Waals surface area contributed by atoms with E-state index in [9.17, 15) is 9.59 Å². The highest BCUT2D eigenvalue weighted by Crippen LogP contribution is 2.13. The minimum absolute atomic E-state index is 0.0393. The summed E-state index contributed by atoms with van der Waals surface area (Å²) in [5.74, 6) is -0.269. The third kappa shape index (κ3) is 4.28. The second-order valence-corrected chi connectivity index (χ2v) is 4.30. The van der Waals surface area contributed by atoms with Gasteiger partial charge in [-0.05, 0) is 18.8 Å². The molecule has 0 aliphatic carbocycles. The van der Waals surface area contributed by atoms with E-state index in [0.717, 1.165) is 0 Å². The number of rotatable bonds is 6. The van der Waals surface area contributed by atoms with Crippen LogP contribution in [0.25, 0.3) is 0 Å². The first kappa shape index (κ1) is 13.9. The molecule has 0 bridgehead atoms. The third-order valence-corrected chi connectivity index (χ3v) is 2.58. The Labute approximate surface area is 91.9 Å². The number of amides is 1. The largest absolute Gasteiger partial charge is 0.352 e. The summed E-state index contributed by atoms with van der Waals surface area (Å²) in [7, 11) is 0. The SMILES string of the molecule is C=C[C@@H](C)[C@@H](NC(=O)C(C)C=O)C(C)C. The van der Waals surface area contributed by atoms with Crippen LogP contribution in [-0.2, 0) is 9.59 Å². The van der Waals surface area contributed by atoms with Gasteiger partial charge in [-0.15, -0.1) is 6.58 Å². The second-order valence-electron chi connectivity index (χ2n) is 4.30. The molecule has 0 saturated carbocycles. The molecule has 0 heterocycles. The summed E-state index contributed by atoms with van der Waals surface area (Å²) in [5.41, 5.74) is 0. The fourth-order valence-electron chi connectivity index (χ4n) is 1.41. The number of nitrogens with one attached hydrogen (secondary N) is 1. The van der Waals surface area contributed by atoms with Crippen LogP contribution in [0.5, 0.6) is 0 Å². The minimum atomic E-state index is -0.580. The Hall–Kier alpha value is -1.12. The van der Waals surface area contributed by atoms with Crippen molar-refractivity contribution in [3.63, 3.8) is 0 Å². The van der Waals surface area contributed by atoms with E-state index in [-0.39, 0.29) is 17.9 Å². The zero-order chi connectivity index (χ0) is 12.0. The second kappa shape index (κ2) is 6.38. The molecule has 0 aliphatic rings. The lowest BCUT2D eigenvalue weighted by Gasteiger charge is -2.27. The van der Waals surface area contributed by atoms with Crippen LogP contribution in [-0.4, -0.2) is 18.2 Å². The van der Waals surface area contributed by atoms with E-state index in [1.54, 1.807) is 6.92 Å². The highest BCUT2D eigenvalue weighted by atomic mass is 16.2. The molecular formula is C12H21NO2. The average molecular weight is 211 g/mol. The van der Waals surface area contributed by atoms with Crippen molar-refractivity contribution in [3.8, 4) is 0 Å². The molecule has 0 aromatic rings. The van der Waals surface area contributed by atoms with Gasteiger partial charge in [0.2, 0.25) is 5.91 Å². The van der Waals surface area contributed by atoms with E-state index in [1.165, 1.54) is 0 Å². The number of hydrogen-bond acceptors (Lipinski definition) is 2. The van der Waals surface area contributed by atoms with Crippen molar-refractivity contribution in [1.82, 2.24) is 5.32 Å². The molecule has 3 nitrogen and oxygen atoms in total. The summed E-state index contributed by atoms with van der Waals surface area (Å²) < 4.78 is 0. The molecule has 1 amide bonds. The molecule has 0 spiro atoms. The van der Waals surface area contributed by atoms with Crippen molar-refractivity contribution in [1.29, 1.82) is 0 Å². The summed E-state index contributed by atoms with van der Waals surface area (Å²) in [6, 6.07) is 0.0393. The van der Waals surface area contributed by atoms with Crippen molar-refractivity contribution in [2.75, 3.05) is 0 Å². The molecule has 86 valence electrons. The fourth-order valence-corrected chi connectivity index (χ4v) is 1.41. The Kier molecular flexibility index (Phi) is 5.90. The van der Waals surface area contributed by atoms with Gasteiger partial charge in [0.05, 0.1) is 5.92 Å². The molecule has 15 heavy (non-hydrogen) atoms. The van der Waals surface area contributed by atoms with Crippen molar-refractivity contribution < 1.29 is 9.59 Å². The van der Waals surface area contributed by atoms with Gasteiger partial charge in [-0.3, -0.25) is 4.79 Å². The van der Waals surface area contributed by atoms with E-state index in [2.05, 4.69) is 11.9 Å². The lowest BCUT2D eigenvalue weighted by Crippen LogP contribution is -2.44. The van der Waals surface area contributed by atoms with Gasteiger partial charge in [0.25, 0.3) is 0 Å². The van der Waals surface area contributed by atoms with E-state index in [1.807, 2.05) is 26.8 Å². The maximum absolute atomic E-state index is 11.5. The van der Waals surface area contributed by atoms with Gasteiger partial charge in [0.1, 0.15) is 6.29 Å². The summed E-state index contributed by atoms with van der Waals surface area (Å²) in [4.78, 5) is 22.0. The van der Waals surface area contributed by atoms with Crippen molar-refractivity contribution in [2.45, 2.75) is 33.7 Å². The van der Waals surface area contributed by atoms with Crippen LogP contribution in [0.1, 0.15) is 27.7 Å². The van der Waals surface area contributed by atoms with Crippen molar-refractivity contribution in [3.05, 3.63) is 12.7 Å². The minimum Gasteiger partial charge on any atom is -0.352 e. The van der Waals surface area contributed by atoms with Crippen LogP contribution in [0.4, 0.5) is 0 Å². The predicted molar refractivity (Wildman–Crippen MR) is 61.4 cm³/mol. The molecule has 0 aromatic heterocycles. The smallest absolute Gasteiger partial charge is 0.230 e. The number of hydrogen-bond donors (Lipinski definition) is 1. The Morgan fingerprint density at radius 3 is 2.13 bits per heavy atom. The lowest BCUT2D eigenvalue weighted by molar-refractivity contribution is -0.129. The molecule has 0 radical (unpaired) electrons. The molecule has 0 fully saturated rings. The Morgan fingerprint density at radius 1 is 1.27 bits per heavy atom.